The monoisotopic (exact) mass is 292 g/mol. The normalized spacial score (nSPS) is 12.5. The van der Waals surface area contributed by atoms with Gasteiger partial charge in [0.2, 0.25) is 0 Å². The number of hydrogen-bond acceptors (Lipinski definition) is 2. The number of allylic oxidation sites excluding steroid dienone is 3. The highest BCUT2D eigenvalue weighted by molar-refractivity contribution is 5.66. The van der Waals surface area contributed by atoms with E-state index in [0.29, 0.717) is 0 Å². The summed E-state index contributed by atoms with van der Waals surface area (Å²) >= 11 is 0. The lowest BCUT2D eigenvalue weighted by atomic mass is 10.1. The molecule has 0 unspecified atom stereocenters. The van der Waals surface area contributed by atoms with E-state index in [9.17, 15) is 9.90 Å². The minimum Gasteiger partial charge on any atom is -0.481 e. The number of rotatable bonds is 11. The molecule has 0 spiro atoms. The molecule has 0 bridgehead atoms. The van der Waals surface area contributed by atoms with Crippen LogP contribution in [0.5, 0.6) is 0 Å². The summed E-state index contributed by atoms with van der Waals surface area (Å²) in [5.74, 6) is 5.05. The van der Waals surface area contributed by atoms with Crippen molar-refractivity contribution in [2.24, 2.45) is 0 Å². The van der Waals surface area contributed by atoms with Crippen molar-refractivity contribution in [1.29, 1.82) is 0 Å². The summed E-state index contributed by atoms with van der Waals surface area (Å²) < 4.78 is 0. The van der Waals surface area contributed by atoms with Crippen LogP contribution in [0.1, 0.15) is 64.7 Å². The van der Waals surface area contributed by atoms with Gasteiger partial charge in [0, 0.05) is 6.42 Å². The van der Waals surface area contributed by atoms with Crippen molar-refractivity contribution in [2.45, 2.75) is 70.8 Å². The standard InChI is InChI=1S/C18H28O3/c1-2-3-4-5-6-8-11-14-17(19)15-12-9-7-10-13-16-18(20)21/h4-5,11,14,17,19H,2-3,7,9-10,12-13,15-16H2,1H3,(H,20,21)/t17-/m0/s1. The fourth-order valence-corrected chi connectivity index (χ4v) is 1.82. The number of carbonyl (C=O) groups is 1. The van der Waals surface area contributed by atoms with Crippen LogP contribution in [-0.4, -0.2) is 22.3 Å². The summed E-state index contributed by atoms with van der Waals surface area (Å²) in [6, 6.07) is 0. The molecule has 3 heteroatoms. The van der Waals surface area contributed by atoms with Crippen LogP contribution < -0.4 is 0 Å². The van der Waals surface area contributed by atoms with Crippen LogP contribution in [0, 0.1) is 11.8 Å². The topological polar surface area (TPSA) is 57.5 Å². The second-order valence-electron chi connectivity index (χ2n) is 5.11. The zero-order chi connectivity index (χ0) is 15.8. The fraction of sp³-hybridized carbons (Fsp3) is 0.611. The first-order valence-electron chi connectivity index (χ1n) is 7.89. The van der Waals surface area contributed by atoms with Gasteiger partial charge in [-0.3, -0.25) is 4.79 Å². The molecule has 0 aromatic rings. The molecule has 2 N–H and O–H groups in total. The van der Waals surface area contributed by atoms with E-state index in [0.717, 1.165) is 51.4 Å². The quantitative estimate of drug-likeness (QED) is 0.445. The molecule has 0 saturated heterocycles. The first-order valence-corrected chi connectivity index (χ1v) is 7.89. The number of carboxylic acid groups (broad SMARTS) is 1. The van der Waals surface area contributed by atoms with Crippen molar-refractivity contribution in [3.63, 3.8) is 0 Å². The van der Waals surface area contributed by atoms with Crippen LogP contribution in [0.4, 0.5) is 0 Å². The van der Waals surface area contributed by atoms with Crippen LogP contribution in [0.15, 0.2) is 24.3 Å². The number of aliphatic hydroxyl groups is 1. The van der Waals surface area contributed by atoms with Crippen LogP contribution in [-0.2, 0) is 4.79 Å². The van der Waals surface area contributed by atoms with E-state index in [4.69, 9.17) is 5.11 Å². The molecule has 0 heterocycles. The van der Waals surface area contributed by atoms with E-state index in [1.54, 1.807) is 12.2 Å². The van der Waals surface area contributed by atoms with E-state index in [-0.39, 0.29) is 6.42 Å². The first-order chi connectivity index (χ1) is 10.2. The van der Waals surface area contributed by atoms with Gasteiger partial charge in [-0.1, -0.05) is 56.9 Å². The Kier molecular flexibility index (Phi) is 13.8. The highest BCUT2D eigenvalue weighted by Crippen LogP contribution is 2.09. The van der Waals surface area contributed by atoms with Gasteiger partial charge < -0.3 is 10.2 Å². The molecular weight excluding hydrogens is 264 g/mol. The molecule has 3 nitrogen and oxygen atoms in total. The largest absolute Gasteiger partial charge is 0.481 e. The third-order valence-electron chi connectivity index (χ3n) is 3.03. The average Bonchev–Trinajstić information content (AvgIpc) is 2.45. The van der Waals surface area contributed by atoms with Crippen LogP contribution in [0.25, 0.3) is 0 Å². The third-order valence-corrected chi connectivity index (χ3v) is 3.03. The highest BCUT2D eigenvalue weighted by atomic mass is 16.4. The number of aliphatic hydroxyl groups excluding tert-OH is 1. The van der Waals surface area contributed by atoms with Gasteiger partial charge in [0.1, 0.15) is 0 Å². The van der Waals surface area contributed by atoms with Gasteiger partial charge in [0.25, 0.3) is 0 Å². The lowest BCUT2D eigenvalue weighted by Crippen LogP contribution is -2.01. The smallest absolute Gasteiger partial charge is 0.303 e. The Morgan fingerprint density at radius 1 is 1.10 bits per heavy atom. The molecule has 0 aliphatic heterocycles. The van der Waals surface area contributed by atoms with E-state index >= 15 is 0 Å². The molecule has 0 aliphatic rings. The zero-order valence-electron chi connectivity index (χ0n) is 13.1. The summed E-state index contributed by atoms with van der Waals surface area (Å²) in [5, 5.41) is 18.2. The zero-order valence-corrected chi connectivity index (χ0v) is 13.1. The highest BCUT2D eigenvalue weighted by Gasteiger charge is 1.99. The molecule has 0 aliphatic carbocycles. The van der Waals surface area contributed by atoms with Gasteiger partial charge in [0.05, 0.1) is 6.10 Å². The predicted molar refractivity (Wildman–Crippen MR) is 86.9 cm³/mol. The fourth-order valence-electron chi connectivity index (χ4n) is 1.82. The molecule has 0 fully saturated rings. The van der Waals surface area contributed by atoms with Gasteiger partial charge >= 0.3 is 5.97 Å². The first kappa shape index (κ1) is 19.5. The maximum atomic E-state index is 10.3. The van der Waals surface area contributed by atoms with Crippen molar-refractivity contribution in [2.75, 3.05) is 0 Å². The Morgan fingerprint density at radius 3 is 2.48 bits per heavy atom. The van der Waals surface area contributed by atoms with Gasteiger partial charge in [-0.2, -0.15) is 0 Å². The second-order valence-corrected chi connectivity index (χ2v) is 5.11. The molecule has 0 amide bonds. The Balaban J connectivity index is 3.53. The molecule has 21 heavy (non-hydrogen) atoms. The summed E-state index contributed by atoms with van der Waals surface area (Å²) in [6.07, 6.45) is 14.8. The molecule has 0 aromatic heterocycles. The molecule has 0 saturated carbocycles. The molecule has 0 aromatic carbocycles. The number of carboxylic acids is 1. The third kappa shape index (κ3) is 16.4. The number of hydrogen-bond donors (Lipinski definition) is 2. The molecule has 1 atom stereocenters. The van der Waals surface area contributed by atoms with Crippen LogP contribution in [0.2, 0.25) is 0 Å². The minimum atomic E-state index is -0.721. The van der Waals surface area contributed by atoms with Gasteiger partial charge in [0.15, 0.2) is 0 Å². The SMILES string of the molecule is CCCC=CC#CC=C[C@H](O)CCCCCCCC(=O)O. The van der Waals surface area contributed by atoms with E-state index in [1.165, 1.54) is 0 Å². The van der Waals surface area contributed by atoms with E-state index < -0.39 is 12.1 Å². The summed E-state index contributed by atoms with van der Waals surface area (Å²) in [5.41, 5.74) is 0. The average molecular weight is 292 g/mol. The lowest BCUT2D eigenvalue weighted by molar-refractivity contribution is -0.137. The van der Waals surface area contributed by atoms with Gasteiger partial charge in [-0.15, -0.1) is 0 Å². The molecular formula is C18H28O3. The summed E-state index contributed by atoms with van der Waals surface area (Å²) in [7, 11) is 0. The Bertz CT molecular complexity index is 372. The van der Waals surface area contributed by atoms with E-state index in [2.05, 4.69) is 18.8 Å². The van der Waals surface area contributed by atoms with Crippen molar-refractivity contribution in [3.05, 3.63) is 24.3 Å². The van der Waals surface area contributed by atoms with Crippen LogP contribution in [0.3, 0.4) is 0 Å². The molecule has 118 valence electrons. The van der Waals surface area contributed by atoms with Crippen molar-refractivity contribution in [3.8, 4) is 11.8 Å². The Morgan fingerprint density at radius 2 is 1.76 bits per heavy atom. The van der Waals surface area contributed by atoms with E-state index in [1.807, 2.05) is 12.2 Å². The summed E-state index contributed by atoms with van der Waals surface area (Å²) in [4.78, 5) is 10.3. The van der Waals surface area contributed by atoms with Crippen LogP contribution >= 0.6 is 0 Å². The lowest BCUT2D eigenvalue weighted by Gasteiger charge is -2.04. The Hall–Kier alpha value is -1.53. The summed E-state index contributed by atoms with van der Waals surface area (Å²) in [6.45, 7) is 2.13. The van der Waals surface area contributed by atoms with Crippen molar-refractivity contribution >= 4 is 5.97 Å². The van der Waals surface area contributed by atoms with Gasteiger partial charge in [-0.25, -0.2) is 0 Å². The number of unbranched alkanes of at least 4 members (excludes halogenated alkanes) is 5. The predicted octanol–water partition coefficient (Wildman–Crippen LogP) is 4.08. The molecule has 0 radical (unpaired) electrons. The number of aliphatic carboxylic acids is 1. The van der Waals surface area contributed by atoms with Crippen molar-refractivity contribution < 1.29 is 15.0 Å². The van der Waals surface area contributed by atoms with Gasteiger partial charge in [-0.05, 0) is 37.5 Å². The second kappa shape index (κ2) is 14.9. The maximum absolute atomic E-state index is 10.3. The Labute approximate surface area is 128 Å². The minimum absolute atomic E-state index is 0.261. The molecule has 0 rings (SSSR count). The maximum Gasteiger partial charge on any atom is 0.303 e. The van der Waals surface area contributed by atoms with Crippen molar-refractivity contribution in [1.82, 2.24) is 0 Å².